The van der Waals surface area contributed by atoms with Gasteiger partial charge in [-0.25, -0.2) is 0 Å². The predicted octanol–water partition coefficient (Wildman–Crippen LogP) is 2.87. The largest absolute Gasteiger partial charge is 0.484 e. The number of benzene rings is 1. The SMILES string of the molecule is CC(C)C(O)CCNC(=O)c1ccc(COc2ccccc2C#N)o1. The second-order valence-corrected chi connectivity index (χ2v) is 6.02. The van der Waals surface area contributed by atoms with Gasteiger partial charge in [-0.2, -0.15) is 5.26 Å². The second-order valence-electron chi connectivity index (χ2n) is 6.02. The molecule has 0 fully saturated rings. The Kier molecular flexibility index (Phi) is 6.61. The Hall–Kier alpha value is -2.78. The summed E-state index contributed by atoms with van der Waals surface area (Å²) >= 11 is 0. The van der Waals surface area contributed by atoms with E-state index < -0.39 is 6.10 Å². The second kappa shape index (κ2) is 8.90. The minimum atomic E-state index is -0.443. The molecule has 1 heterocycles. The highest BCUT2D eigenvalue weighted by Crippen LogP contribution is 2.19. The van der Waals surface area contributed by atoms with Crippen molar-refractivity contribution in [1.82, 2.24) is 5.32 Å². The summed E-state index contributed by atoms with van der Waals surface area (Å²) in [7, 11) is 0. The van der Waals surface area contributed by atoms with Crippen LogP contribution < -0.4 is 10.1 Å². The van der Waals surface area contributed by atoms with E-state index in [0.29, 0.717) is 30.0 Å². The third kappa shape index (κ3) is 5.37. The molecule has 2 N–H and O–H groups in total. The number of furan rings is 1. The maximum Gasteiger partial charge on any atom is 0.286 e. The number of para-hydroxylation sites is 1. The van der Waals surface area contributed by atoms with E-state index in [1.807, 2.05) is 13.8 Å². The summed E-state index contributed by atoms with van der Waals surface area (Å²) in [5.74, 6) is 0.960. The van der Waals surface area contributed by atoms with E-state index in [2.05, 4.69) is 11.4 Å². The summed E-state index contributed by atoms with van der Waals surface area (Å²) in [5.41, 5.74) is 0.440. The summed E-state index contributed by atoms with van der Waals surface area (Å²) in [6.45, 7) is 4.35. The molecular weight excluding hydrogens is 320 g/mol. The van der Waals surface area contributed by atoms with Gasteiger partial charge in [-0.05, 0) is 36.6 Å². The van der Waals surface area contributed by atoms with E-state index in [1.165, 1.54) is 0 Å². The van der Waals surface area contributed by atoms with Gasteiger partial charge in [0, 0.05) is 6.54 Å². The normalized spacial score (nSPS) is 11.8. The molecular formula is C19H22N2O4. The van der Waals surface area contributed by atoms with Gasteiger partial charge in [0.05, 0.1) is 11.7 Å². The molecule has 6 nitrogen and oxygen atoms in total. The lowest BCUT2D eigenvalue weighted by molar-refractivity contribution is 0.0891. The van der Waals surface area contributed by atoms with Gasteiger partial charge in [0.2, 0.25) is 0 Å². The highest BCUT2D eigenvalue weighted by atomic mass is 16.5. The van der Waals surface area contributed by atoms with E-state index >= 15 is 0 Å². The number of hydrogen-bond donors (Lipinski definition) is 2. The average Bonchev–Trinajstić information content (AvgIpc) is 3.09. The molecule has 2 aromatic rings. The molecule has 0 aliphatic heterocycles. The fourth-order valence-electron chi connectivity index (χ4n) is 2.17. The lowest BCUT2D eigenvalue weighted by Gasteiger charge is -2.13. The number of aliphatic hydroxyl groups is 1. The highest BCUT2D eigenvalue weighted by Gasteiger charge is 2.13. The molecule has 1 amide bonds. The fourth-order valence-corrected chi connectivity index (χ4v) is 2.17. The van der Waals surface area contributed by atoms with Gasteiger partial charge in [0.1, 0.15) is 24.2 Å². The molecule has 25 heavy (non-hydrogen) atoms. The Bertz CT molecular complexity index is 746. The number of nitriles is 1. The smallest absolute Gasteiger partial charge is 0.286 e. The first-order valence-electron chi connectivity index (χ1n) is 8.18. The predicted molar refractivity (Wildman–Crippen MR) is 92.0 cm³/mol. The van der Waals surface area contributed by atoms with Crippen LogP contribution in [0.2, 0.25) is 0 Å². The summed E-state index contributed by atoms with van der Waals surface area (Å²) in [6.07, 6.45) is 0.0476. The third-order valence-corrected chi connectivity index (χ3v) is 3.76. The van der Waals surface area contributed by atoms with E-state index in [0.717, 1.165) is 0 Å². The van der Waals surface area contributed by atoms with E-state index in [4.69, 9.17) is 14.4 Å². The van der Waals surface area contributed by atoms with Crippen molar-refractivity contribution in [2.45, 2.75) is 33.0 Å². The Labute approximate surface area is 147 Å². The number of amides is 1. The zero-order valence-corrected chi connectivity index (χ0v) is 14.4. The molecule has 1 aromatic heterocycles. The number of carbonyl (C=O) groups is 1. The van der Waals surface area contributed by atoms with Crippen molar-refractivity contribution in [1.29, 1.82) is 5.26 Å². The highest BCUT2D eigenvalue weighted by molar-refractivity contribution is 5.91. The third-order valence-electron chi connectivity index (χ3n) is 3.76. The van der Waals surface area contributed by atoms with Gasteiger partial charge in [-0.15, -0.1) is 0 Å². The van der Waals surface area contributed by atoms with Crippen LogP contribution in [0.3, 0.4) is 0 Å². The molecule has 1 atom stereocenters. The minimum Gasteiger partial charge on any atom is -0.484 e. The molecule has 2 rings (SSSR count). The van der Waals surface area contributed by atoms with Crippen molar-refractivity contribution in [3.05, 3.63) is 53.5 Å². The summed E-state index contributed by atoms with van der Waals surface area (Å²) in [4.78, 5) is 12.0. The topological polar surface area (TPSA) is 95.5 Å². The van der Waals surface area contributed by atoms with Gasteiger partial charge in [-0.3, -0.25) is 4.79 Å². The van der Waals surface area contributed by atoms with Gasteiger partial charge < -0.3 is 19.6 Å². The Morgan fingerprint density at radius 3 is 2.80 bits per heavy atom. The zero-order valence-electron chi connectivity index (χ0n) is 14.4. The fraction of sp³-hybridized carbons (Fsp3) is 0.368. The lowest BCUT2D eigenvalue weighted by atomic mass is 10.0. The maximum absolute atomic E-state index is 12.0. The standard InChI is InChI=1S/C19H22N2O4/c1-13(2)16(22)9-10-21-19(23)18-8-7-15(25-18)12-24-17-6-4-3-5-14(17)11-20/h3-8,13,16,22H,9-10,12H2,1-2H3,(H,21,23). The molecule has 0 spiro atoms. The number of ether oxygens (including phenoxy) is 1. The van der Waals surface area contributed by atoms with Crippen LogP contribution in [0.5, 0.6) is 5.75 Å². The number of rotatable bonds is 8. The molecule has 0 bridgehead atoms. The molecule has 1 aromatic carbocycles. The number of carbonyl (C=O) groups excluding carboxylic acids is 1. The van der Waals surface area contributed by atoms with Gasteiger partial charge >= 0.3 is 0 Å². The lowest BCUT2D eigenvalue weighted by Crippen LogP contribution is -2.28. The monoisotopic (exact) mass is 342 g/mol. The quantitative estimate of drug-likeness (QED) is 0.769. The van der Waals surface area contributed by atoms with E-state index in [9.17, 15) is 9.90 Å². The Morgan fingerprint density at radius 2 is 2.08 bits per heavy atom. The summed E-state index contributed by atoms with van der Waals surface area (Å²) in [5, 5.41) is 21.5. The molecule has 6 heteroatoms. The van der Waals surface area contributed by atoms with Crippen LogP contribution in [-0.4, -0.2) is 23.7 Å². The number of aliphatic hydroxyl groups excluding tert-OH is 1. The van der Waals surface area contributed by atoms with Crippen molar-refractivity contribution in [2.24, 2.45) is 5.92 Å². The summed E-state index contributed by atoms with van der Waals surface area (Å²) < 4.78 is 11.0. The minimum absolute atomic E-state index is 0.123. The zero-order chi connectivity index (χ0) is 18.2. The van der Waals surface area contributed by atoms with Crippen molar-refractivity contribution in [3.8, 4) is 11.8 Å². The number of nitrogens with one attached hydrogen (secondary N) is 1. The Morgan fingerprint density at radius 1 is 1.32 bits per heavy atom. The Balaban J connectivity index is 1.85. The molecule has 1 unspecified atom stereocenters. The molecule has 0 saturated heterocycles. The first-order chi connectivity index (χ1) is 12.0. The number of nitrogens with zero attached hydrogens (tertiary/aromatic N) is 1. The van der Waals surface area contributed by atoms with Crippen molar-refractivity contribution < 1.29 is 19.1 Å². The van der Waals surface area contributed by atoms with Crippen LogP contribution in [0, 0.1) is 17.2 Å². The van der Waals surface area contributed by atoms with Crippen molar-refractivity contribution in [2.75, 3.05) is 6.54 Å². The molecule has 132 valence electrons. The van der Waals surface area contributed by atoms with Crippen molar-refractivity contribution >= 4 is 5.91 Å². The van der Waals surface area contributed by atoms with Crippen LogP contribution in [0.25, 0.3) is 0 Å². The van der Waals surface area contributed by atoms with Crippen LogP contribution in [0.1, 0.15) is 42.1 Å². The molecule has 0 aliphatic rings. The van der Waals surface area contributed by atoms with Crippen LogP contribution in [-0.2, 0) is 6.61 Å². The van der Waals surface area contributed by atoms with Crippen LogP contribution >= 0.6 is 0 Å². The van der Waals surface area contributed by atoms with Gasteiger partial charge in [0.15, 0.2) is 5.76 Å². The average molecular weight is 342 g/mol. The molecule has 0 radical (unpaired) electrons. The molecule has 0 aliphatic carbocycles. The van der Waals surface area contributed by atoms with Crippen LogP contribution in [0.15, 0.2) is 40.8 Å². The maximum atomic E-state index is 12.0. The first-order valence-corrected chi connectivity index (χ1v) is 8.18. The number of hydrogen-bond acceptors (Lipinski definition) is 5. The van der Waals surface area contributed by atoms with Crippen molar-refractivity contribution in [3.63, 3.8) is 0 Å². The molecule has 0 saturated carbocycles. The van der Waals surface area contributed by atoms with Crippen LogP contribution in [0.4, 0.5) is 0 Å². The van der Waals surface area contributed by atoms with E-state index in [1.54, 1.807) is 36.4 Å². The van der Waals surface area contributed by atoms with Gasteiger partial charge in [-0.1, -0.05) is 26.0 Å². The summed E-state index contributed by atoms with van der Waals surface area (Å²) in [6, 6.07) is 12.2. The van der Waals surface area contributed by atoms with E-state index in [-0.39, 0.29) is 24.2 Å². The van der Waals surface area contributed by atoms with Gasteiger partial charge in [0.25, 0.3) is 5.91 Å². The first kappa shape index (κ1) is 18.6.